The van der Waals surface area contributed by atoms with Gasteiger partial charge in [0, 0.05) is 19.2 Å². The number of halogens is 3. The normalized spacial score (nSPS) is 16.3. The van der Waals surface area contributed by atoms with Crippen LogP contribution in [0, 0.1) is 17.5 Å². The Labute approximate surface area is 196 Å². The molecular weight excluding hydrogens is 475 g/mol. The number of carboxylic acid groups (broad SMARTS) is 2. The molecule has 1 unspecified atom stereocenters. The number of rotatable bonds is 7. The summed E-state index contributed by atoms with van der Waals surface area (Å²) in [5, 5.41) is 31.9. The smallest absolute Gasteiger partial charge is 0.333 e. The molecule has 3 aromatic rings. The molecule has 0 spiro atoms. The molecule has 0 amide bonds. The summed E-state index contributed by atoms with van der Waals surface area (Å²) < 4.78 is 53.9. The van der Waals surface area contributed by atoms with Crippen LogP contribution in [0.3, 0.4) is 0 Å². The second-order valence-electron chi connectivity index (χ2n) is 7.43. The van der Waals surface area contributed by atoms with Gasteiger partial charge in [-0.3, -0.25) is 4.79 Å². The maximum atomic E-state index is 14.2. The monoisotopic (exact) mass is 497 g/mol. The quantitative estimate of drug-likeness (QED) is 0.384. The lowest BCUT2D eigenvalue weighted by Crippen LogP contribution is -2.41. The summed E-state index contributed by atoms with van der Waals surface area (Å²) in [5.41, 5.74) is 0.334. The number of ether oxygens (including phenoxy) is 2. The van der Waals surface area contributed by atoms with Crippen LogP contribution in [0.5, 0.6) is 5.88 Å². The van der Waals surface area contributed by atoms with Crippen molar-refractivity contribution in [3.05, 3.63) is 53.8 Å². The minimum absolute atomic E-state index is 0.0768. The number of aliphatic hydroxyl groups excluding tert-OH is 1. The number of hydrogen-bond donors (Lipinski definition) is 4. The van der Waals surface area contributed by atoms with Gasteiger partial charge in [0.25, 0.3) is 0 Å². The van der Waals surface area contributed by atoms with Crippen molar-refractivity contribution in [3.63, 3.8) is 0 Å². The number of aliphatic carboxylic acids is 2. The van der Waals surface area contributed by atoms with Gasteiger partial charge in [0.05, 0.1) is 23.9 Å². The summed E-state index contributed by atoms with van der Waals surface area (Å²) in [4.78, 5) is 19.4. The van der Waals surface area contributed by atoms with Crippen molar-refractivity contribution < 1.29 is 47.6 Å². The fourth-order valence-electron chi connectivity index (χ4n) is 3.15. The number of nitrogens with one attached hydrogen (secondary N) is 1. The Kier molecular flexibility index (Phi) is 8.63. The van der Waals surface area contributed by atoms with Crippen molar-refractivity contribution >= 4 is 22.8 Å². The number of morpholine rings is 1. The minimum atomic E-state index is -1.79. The predicted octanol–water partition coefficient (Wildman–Crippen LogP) is 1.72. The van der Waals surface area contributed by atoms with E-state index in [2.05, 4.69) is 10.4 Å². The van der Waals surface area contributed by atoms with Crippen LogP contribution in [0.15, 0.2) is 36.4 Å². The van der Waals surface area contributed by atoms with E-state index in [0.29, 0.717) is 24.1 Å². The fourth-order valence-corrected chi connectivity index (χ4v) is 3.15. The third kappa shape index (κ3) is 6.91. The van der Waals surface area contributed by atoms with E-state index in [-0.39, 0.29) is 24.3 Å². The molecular formula is C22H22F3N3O7. The molecule has 13 heteroatoms. The second-order valence-corrected chi connectivity index (χ2v) is 7.43. The molecule has 35 heavy (non-hydrogen) atoms. The number of fused-ring (bicyclic) bond motifs is 1. The first kappa shape index (κ1) is 25.9. The highest BCUT2D eigenvalue weighted by molar-refractivity contribution is 5.86. The molecule has 4 rings (SSSR count). The van der Waals surface area contributed by atoms with Crippen molar-refractivity contribution in [2.75, 3.05) is 26.3 Å². The van der Waals surface area contributed by atoms with Crippen molar-refractivity contribution in [1.82, 2.24) is 15.1 Å². The van der Waals surface area contributed by atoms with Crippen LogP contribution < -0.4 is 10.1 Å². The maximum Gasteiger partial charge on any atom is 0.333 e. The van der Waals surface area contributed by atoms with Gasteiger partial charge in [-0.15, -0.1) is 5.10 Å². The van der Waals surface area contributed by atoms with E-state index in [1.54, 1.807) is 0 Å². The van der Waals surface area contributed by atoms with Gasteiger partial charge in [-0.25, -0.2) is 22.6 Å². The van der Waals surface area contributed by atoms with Gasteiger partial charge in [-0.2, -0.15) is 0 Å². The van der Waals surface area contributed by atoms with Gasteiger partial charge in [0.15, 0.2) is 6.10 Å². The first-order valence-electron chi connectivity index (χ1n) is 10.4. The lowest BCUT2D eigenvalue weighted by molar-refractivity contribution is -0.152. The Morgan fingerprint density at radius 1 is 1.17 bits per heavy atom. The van der Waals surface area contributed by atoms with Crippen molar-refractivity contribution in [3.8, 4) is 11.6 Å². The number of aromatic nitrogens is 2. The topological polar surface area (TPSA) is 143 Å². The number of aliphatic hydroxyl groups is 1. The molecule has 1 saturated heterocycles. The maximum absolute atomic E-state index is 14.2. The third-order valence-electron chi connectivity index (χ3n) is 4.81. The molecule has 0 bridgehead atoms. The minimum Gasteiger partial charge on any atom is -0.481 e. The summed E-state index contributed by atoms with van der Waals surface area (Å²) in [6.45, 7) is 2.19. The molecule has 1 aliphatic heterocycles. The molecule has 1 aromatic heterocycles. The highest BCUT2D eigenvalue weighted by Gasteiger charge is 2.20. The Morgan fingerprint density at radius 2 is 1.89 bits per heavy atom. The molecule has 4 N–H and O–H groups in total. The van der Waals surface area contributed by atoms with E-state index in [0.717, 1.165) is 24.7 Å². The summed E-state index contributed by atoms with van der Waals surface area (Å²) in [7, 11) is 0. The van der Waals surface area contributed by atoms with Crippen molar-refractivity contribution in [2.24, 2.45) is 0 Å². The summed E-state index contributed by atoms with van der Waals surface area (Å²) in [5.74, 6) is -4.43. The largest absolute Gasteiger partial charge is 0.481 e. The molecule has 10 nitrogen and oxygen atoms in total. The van der Waals surface area contributed by atoms with Crippen LogP contribution in [0.25, 0.3) is 16.6 Å². The molecule has 0 aliphatic carbocycles. The summed E-state index contributed by atoms with van der Waals surface area (Å²) in [6.07, 6.45) is -2.71. The Morgan fingerprint density at radius 3 is 2.51 bits per heavy atom. The number of carboxylic acids is 2. The van der Waals surface area contributed by atoms with E-state index in [9.17, 15) is 22.8 Å². The molecule has 0 saturated carbocycles. The number of carbonyl (C=O) groups is 2. The standard InChI is InChI=1S/C18H16F3N3O2.C4H6O5/c19-11-2-4-16-14(7-11)18(26-10-13-9-22-5-6-25-13)23-24(16)17-8-12(20)1-3-15(17)21;5-2(4(8)9)1-3(6)7/h1-4,7-8,13,22H,5-6,9-10H2;2,5H,1H2,(H,6,7)(H,8,9)/t13-;/m0./s1. The highest BCUT2D eigenvalue weighted by atomic mass is 19.1. The second kappa shape index (κ2) is 11.6. The van der Waals surface area contributed by atoms with Gasteiger partial charge in [-0.05, 0) is 30.3 Å². The Balaban J connectivity index is 0.000000327. The Bertz CT molecular complexity index is 1200. The molecule has 2 aromatic carbocycles. The Hall–Kier alpha value is -3.68. The van der Waals surface area contributed by atoms with E-state index in [1.807, 2.05) is 0 Å². The van der Waals surface area contributed by atoms with Crippen LogP contribution >= 0.6 is 0 Å². The third-order valence-corrected chi connectivity index (χ3v) is 4.81. The van der Waals surface area contributed by atoms with Crippen LogP contribution in [-0.4, -0.2) is 75.5 Å². The van der Waals surface area contributed by atoms with Crippen molar-refractivity contribution in [2.45, 2.75) is 18.6 Å². The average Bonchev–Trinajstić information content (AvgIpc) is 3.17. The molecule has 188 valence electrons. The van der Waals surface area contributed by atoms with Crippen LogP contribution in [-0.2, 0) is 14.3 Å². The number of benzene rings is 2. The van der Waals surface area contributed by atoms with Crippen LogP contribution in [0.2, 0.25) is 0 Å². The molecule has 1 aliphatic rings. The van der Waals surface area contributed by atoms with Gasteiger partial charge in [0.2, 0.25) is 5.88 Å². The van der Waals surface area contributed by atoms with E-state index < -0.39 is 41.9 Å². The molecule has 2 heterocycles. The van der Waals surface area contributed by atoms with E-state index in [4.69, 9.17) is 24.8 Å². The first-order valence-corrected chi connectivity index (χ1v) is 10.4. The van der Waals surface area contributed by atoms with Gasteiger partial charge >= 0.3 is 11.9 Å². The lowest BCUT2D eigenvalue weighted by atomic mass is 10.2. The van der Waals surface area contributed by atoms with Crippen LogP contribution in [0.4, 0.5) is 13.2 Å². The van der Waals surface area contributed by atoms with Gasteiger partial charge < -0.3 is 30.1 Å². The number of nitrogens with zero attached hydrogens (tertiary/aromatic N) is 2. The van der Waals surface area contributed by atoms with Crippen LogP contribution in [0.1, 0.15) is 6.42 Å². The zero-order chi connectivity index (χ0) is 25.5. The first-order chi connectivity index (χ1) is 16.7. The predicted molar refractivity (Wildman–Crippen MR) is 115 cm³/mol. The highest BCUT2D eigenvalue weighted by Crippen LogP contribution is 2.29. The number of hydrogen-bond acceptors (Lipinski definition) is 7. The van der Waals surface area contributed by atoms with Crippen molar-refractivity contribution in [1.29, 1.82) is 0 Å². The van der Waals surface area contributed by atoms with Gasteiger partial charge in [-0.1, -0.05) is 0 Å². The SMILES string of the molecule is Fc1ccc(F)c(-n2nc(OC[C@@H]3CNCCO3)c3cc(F)ccc32)c1.O=C(O)CC(O)C(=O)O. The van der Waals surface area contributed by atoms with E-state index >= 15 is 0 Å². The summed E-state index contributed by atoms with van der Waals surface area (Å²) >= 11 is 0. The zero-order valence-electron chi connectivity index (χ0n) is 18.2. The molecule has 0 radical (unpaired) electrons. The fraction of sp³-hybridized carbons (Fsp3) is 0.318. The summed E-state index contributed by atoms with van der Waals surface area (Å²) in [6, 6.07) is 7.01. The molecule has 1 fully saturated rings. The van der Waals surface area contributed by atoms with Gasteiger partial charge in [0.1, 0.15) is 35.8 Å². The zero-order valence-corrected chi connectivity index (χ0v) is 18.2. The lowest BCUT2D eigenvalue weighted by Gasteiger charge is -2.23. The van der Waals surface area contributed by atoms with E-state index in [1.165, 1.54) is 22.9 Å². The molecule has 2 atom stereocenters. The average molecular weight is 497 g/mol.